The second kappa shape index (κ2) is 4.74. The zero-order valence-corrected chi connectivity index (χ0v) is 8.99. The molecule has 1 aromatic heterocycles. The van der Waals surface area contributed by atoms with Crippen LogP contribution in [0.2, 0.25) is 4.34 Å². The van der Waals surface area contributed by atoms with Gasteiger partial charge in [-0.2, -0.15) is 0 Å². The first-order valence-electron chi connectivity index (χ1n) is 4.16. The lowest BCUT2D eigenvalue weighted by Gasteiger charge is -2.05. The van der Waals surface area contributed by atoms with Gasteiger partial charge < -0.3 is 5.73 Å². The van der Waals surface area contributed by atoms with Crippen LogP contribution in [-0.4, -0.2) is 11.8 Å². The molecule has 0 saturated heterocycles. The number of rotatable bonds is 4. The fraction of sp³-hybridized carbons (Fsp3) is 0.444. The van der Waals surface area contributed by atoms with E-state index in [1.807, 2.05) is 6.92 Å². The monoisotopic (exact) mass is 217 g/mol. The number of carbonyl (C=O) groups excluding carboxylic acids is 1. The molecule has 0 aromatic carbocycles. The van der Waals surface area contributed by atoms with Gasteiger partial charge in [0.05, 0.1) is 4.34 Å². The molecule has 1 rings (SSSR count). The van der Waals surface area contributed by atoms with E-state index in [9.17, 15) is 4.79 Å². The molecule has 72 valence electrons. The van der Waals surface area contributed by atoms with Crippen molar-refractivity contribution in [3.8, 4) is 0 Å². The van der Waals surface area contributed by atoms with Crippen LogP contribution in [0, 0.1) is 0 Å². The highest BCUT2D eigenvalue weighted by Crippen LogP contribution is 2.21. The Balaban J connectivity index is 2.58. The highest BCUT2D eigenvalue weighted by Gasteiger charge is 2.11. The minimum absolute atomic E-state index is 0.0359. The van der Waals surface area contributed by atoms with E-state index in [-0.39, 0.29) is 11.8 Å². The minimum Gasteiger partial charge on any atom is -0.327 e. The van der Waals surface area contributed by atoms with Crippen LogP contribution in [-0.2, 0) is 0 Å². The number of halogens is 1. The second-order valence-electron chi connectivity index (χ2n) is 2.94. The Kier molecular flexibility index (Phi) is 3.90. The summed E-state index contributed by atoms with van der Waals surface area (Å²) in [6.45, 7) is 1.97. The molecule has 4 heteroatoms. The first-order chi connectivity index (χ1) is 6.13. The number of ketones is 1. The average molecular weight is 218 g/mol. The largest absolute Gasteiger partial charge is 0.327 e. The van der Waals surface area contributed by atoms with E-state index in [2.05, 4.69) is 0 Å². The molecule has 2 nitrogen and oxygen atoms in total. The summed E-state index contributed by atoms with van der Waals surface area (Å²) in [4.78, 5) is 11.5. The van der Waals surface area contributed by atoms with Crippen molar-refractivity contribution < 1.29 is 4.79 Å². The van der Waals surface area contributed by atoms with Gasteiger partial charge in [0.2, 0.25) is 0 Å². The molecule has 0 saturated carbocycles. The first-order valence-corrected chi connectivity index (χ1v) is 5.42. The molecule has 13 heavy (non-hydrogen) atoms. The topological polar surface area (TPSA) is 43.1 Å². The quantitative estimate of drug-likeness (QED) is 0.789. The predicted molar refractivity (Wildman–Crippen MR) is 56.5 cm³/mol. The van der Waals surface area contributed by atoms with Crippen LogP contribution in [0.3, 0.4) is 0 Å². The molecular formula is C9H12ClNOS. The third-order valence-corrected chi connectivity index (χ3v) is 2.95. The Morgan fingerprint density at radius 3 is 2.92 bits per heavy atom. The van der Waals surface area contributed by atoms with Gasteiger partial charge in [0.25, 0.3) is 0 Å². The third-order valence-electron chi connectivity index (χ3n) is 1.86. The van der Waals surface area contributed by atoms with E-state index in [0.29, 0.717) is 16.3 Å². The standard InChI is InChI=1S/C9H12ClNOS/c1-2-7(11)4-8(12)6-3-9(10)13-5-6/h3,5,7H,2,4,11H2,1H3. The normalized spacial score (nSPS) is 12.8. The van der Waals surface area contributed by atoms with Crippen molar-refractivity contribution in [1.82, 2.24) is 0 Å². The maximum atomic E-state index is 11.5. The molecule has 0 aliphatic heterocycles. The number of hydrogen-bond donors (Lipinski definition) is 1. The van der Waals surface area contributed by atoms with Crippen LogP contribution in [0.5, 0.6) is 0 Å². The summed E-state index contributed by atoms with van der Waals surface area (Å²) in [5.74, 6) is 0.0810. The van der Waals surface area contributed by atoms with Gasteiger partial charge in [0, 0.05) is 23.4 Å². The second-order valence-corrected chi connectivity index (χ2v) is 4.48. The molecule has 1 unspecified atom stereocenters. The molecule has 0 aliphatic carbocycles. The van der Waals surface area contributed by atoms with E-state index < -0.39 is 0 Å². The number of thiophene rings is 1. The molecule has 0 radical (unpaired) electrons. The number of nitrogens with two attached hydrogens (primary N) is 1. The zero-order valence-electron chi connectivity index (χ0n) is 7.42. The molecule has 0 spiro atoms. The van der Waals surface area contributed by atoms with Gasteiger partial charge in [-0.15, -0.1) is 11.3 Å². The molecule has 1 atom stereocenters. The summed E-state index contributed by atoms with van der Waals surface area (Å²) in [5, 5.41) is 1.77. The highest BCUT2D eigenvalue weighted by atomic mass is 35.5. The Hall–Kier alpha value is -0.380. The summed E-state index contributed by atoms with van der Waals surface area (Å²) in [5.41, 5.74) is 6.35. The summed E-state index contributed by atoms with van der Waals surface area (Å²) >= 11 is 7.08. The lowest BCUT2D eigenvalue weighted by Crippen LogP contribution is -2.22. The maximum Gasteiger partial charge on any atom is 0.165 e. The molecular weight excluding hydrogens is 206 g/mol. The van der Waals surface area contributed by atoms with Crippen molar-refractivity contribution >= 4 is 28.7 Å². The number of carbonyl (C=O) groups is 1. The SMILES string of the molecule is CCC(N)CC(=O)c1csc(Cl)c1. The van der Waals surface area contributed by atoms with Crippen LogP contribution in [0.1, 0.15) is 30.1 Å². The first kappa shape index (κ1) is 10.7. The van der Waals surface area contributed by atoms with Crippen molar-refractivity contribution in [3.63, 3.8) is 0 Å². The summed E-state index contributed by atoms with van der Waals surface area (Å²) in [6.07, 6.45) is 1.23. The van der Waals surface area contributed by atoms with Crippen molar-refractivity contribution in [2.75, 3.05) is 0 Å². The van der Waals surface area contributed by atoms with E-state index in [4.69, 9.17) is 17.3 Å². The van der Waals surface area contributed by atoms with Crippen LogP contribution in [0.15, 0.2) is 11.4 Å². The molecule has 1 heterocycles. The zero-order chi connectivity index (χ0) is 9.84. The Morgan fingerprint density at radius 2 is 2.46 bits per heavy atom. The molecule has 2 N–H and O–H groups in total. The molecule has 0 fully saturated rings. The molecule has 0 aliphatic rings. The smallest absolute Gasteiger partial charge is 0.165 e. The van der Waals surface area contributed by atoms with Crippen LogP contribution >= 0.6 is 22.9 Å². The van der Waals surface area contributed by atoms with Crippen LogP contribution in [0.4, 0.5) is 0 Å². The Labute approximate surface area is 86.7 Å². The maximum absolute atomic E-state index is 11.5. The van der Waals surface area contributed by atoms with Crippen molar-refractivity contribution in [3.05, 3.63) is 21.3 Å². The van der Waals surface area contributed by atoms with Crippen LogP contribution < -0.4 is 5.73 Å². The van der Waals surface area contributed by atoms with Gasteiger partial charge >= 0.3 is 0 Å². The van der Waals surface area contributed by atoms with Crippen LogP contribution in [0.25, 0.3) is 0 Å². The Bertz CT molecular complexity index is 298. The molecule has 0 bridgehead atoms. The van der Waals surface area contributed by atoms with Gasteiger partial charge in [0.1, 0.15) is 0 Å². The highest BCUT2D eigenvalue weighted by molar-refractivity contribution is 7.14. The van der Waals surface area contributed by atoms with Crippen molar-refractivity contribution in [1.29, 1.82) is 0 Å². The molecule has 1 aromatic rings. The fourth-order valence-corrected chi connectivity index (χ4v) is 1.84. The number of Topliss-reactive ketones (excluding diaryl/α,β-unsaturated/α-hetero) is 1. The van der Waals surface area contributed by atoms with Crippen molar-refractivity contribution in [2.45, 2.75) is 25.8 Å². The van der Waals surface area contributed by atoms with Gasteiger partial charge in [-0.25, -0.2) is 0 Å². The van der Waals surface area contributed by atoms with E-state index in [0.717, 1.165) is 6.42 Å². The summed E-state index contributed by atoms with van der Waals surface area (Å²) < 4.78 is 0.647. The lowest BCUT2D eigenvalue weighted by atomic mass is 10.1. The summed E-state index contributed by atoms with van der Waals surface area (Å²) in [6, 6.07) is 1.66. The van der Waals surface area contributed by atoms with Crippen molar-refractivity contribution in [2.24, 2.45) is 5.73 Å². The van der Waals surface area contributed by atoms with Gasteiger partial charge in [-0.3, -0.25) is 4.79 Å². The third kappa shape index (κ3) is 3.10. The van der Waals surface area contributed by atoms with Gasteiger partial charge in [-0.1, -0.05) is 18.5 Å². The Morgan fingerprint density at radius 1 is 1.77 bits per heavy atom. The van der Waals surface area contributed by atoms with Gasteiger partial charge in [0.15, 0.2) is 5.78 Å². The summed E-state index contributed by atoms with van der Waals surface area (Å²) in [7, 11) is 0. The van der Waals surface area contributed by atoms with E-state index in [1.165, 1.54) is 11.3 Å². The molecule has 0 amide bonds. The number of hydrogen-bond acceptors (Lipinski definition) is 3. The fourth-order valence-electron chi connectivity index (χ4n) is 0.957. The van der Waals surface area contributed by atoms with E-state index in [1.54, 1.807) is 11.4 Å². The predicted octanol–water partition coefficient (Wildman–Crippen LogP) is 2.71. The minimum atomic E-state index is -0.0359. The van der Waals surface area contributed by atoms with E-state index >= 15 is 0 Å². The lowest BCUT2D eigenvalue weighted by molar-refractivity contribution is 0.0974. The average Bonchev–Trinajstić information content (AvgIpc) is 2.51. The van der Waals surface area contributed by atoms with Gasteiger partial charge in [-0.05, 0) is 12.5 Å².